The van der Waals surface area contributed by atoms with Crippen molar-refractivity contribution in [2.75, 3.05) is 6.54 Å². The molecule has 0 spiro atoms. The van der Waals surface area contributed by atoms with Gasteiger partial charge in [-0.05, 0) is 25.0 Å². The Bertz CT molecular complexity index is 332. The molecule has 0 radical (unpaired) electrons. The number of aromatic nitrogens is 1. The van der Waals surface area contributed by atoms with Crippen molar-refractivity contribution in [2.24, 2.45) is 0 Å². The molecular weight excluding hydrogens is 204 g/mol. The maximum Gasteiger partial charge on any atom is 0.239 e. The largest absolute Gasteiger partial charge is 0.389 e. The molecule has 1 aromatic heterocycles. The number of amides is 1. The summed E-state index contributed by atoms with van der Waals surface area (Å²) in [6.07, 6.45) is 5.21. The Hall–Kier alpha value is -1.29. The highest BCUT2D eigenvalue weighted by atomic mass is 16.3. The van der Waals surface area contributed by atoms with Gasteiger partial charge in [-0.2, -0.15) is 0 Å². The predicted octanol–water partition coefficient (Wildman–Crippen LogP) is 1.46. The molecule has 0 saturated heterocycles. The van der Waals surface area contributed by atoms with Crippen molar-refractivity contribution in [1.82, 2.24) is 9.88 Å². The van der Waals surface area contributed by atoms with E-state index >= 15 is 0 Å². The van der Waals surface area contributed by atoms with Crippen molar-refractivity contribution in [3.63, 3.8) is 0 Å². The lowest BCUT2D eigenvalue weighted by atomic mass is 10.2. The van der Waals surface area contributed by atoms with Crippen molar-refractivity contribution in [2.45, 2.75) is 39.3 Å². The molecule has 1 atom stereocenters. The quantitative estimate of drug-likeness (QED) is 0.719. The van der Waals surface area contributed by atoms with Crippen LogP contribution < -0.4 is 5.32 Å². The summed E-state index contributed by atoms with van der Waals surface area (Å²) >= 11 is 0. The molecule has 0 fully saturated rings. The number of nitrogens with one attached hydrogen (secondary N) is 1. The van der Waals surface area contributed by atoms with Crippen molar-refractivity contribution in [3.05, 3.63) is 24.0 Å². The van der Waals surface area contributed by atoms with Crippen LogP contribution >= 0.6 is 0 Å². The van der Waals surface area contributed by atoms with Gasteiger partial charge in [0, 0.05) is 18.9 Å². The Kier molecular flexibility index (Phi) is 5.05. The van der Waals surface area contributed by atoms with Crippen LogP contribution in [0, 0.1) is 0 Å². The smallest absolute Gasteiger partial charge is 0.239 e. The molecular formula is C12H20N2O2. The summed E-state index contributed by atoms with van der Waals surface area (Å²) < 4.78 is 1.78. The van der Waals surface area contributed by atoms with E-state index in [-0.39, 0.29) is 5.91 Å². The van der Waals surface area contributed by atoms with Gasteiger partial charge in [-0.15, -0.1) is 0 Å². The average Bonchev–Trinajstić information content (AvgIpc) is 2.66. The number of carbonyl (C=O) groups is 1. The van der Waals surface area contributed by atoms with Gasteiger partial charge in [-0.25, -0.2) is 0 Å². The topological polar surface area (TPSA) is 54.3 Å². The number of hydrogen-bond donors (Lipinski definition) is 2. The van der Waals surface area contributed by atoms with Crippen molar-refractivity contribution >= 4 is 5.91 Å². The first-order valence-corrected chi connectivity index (χ1v) is 5.74. The summed E-state index contributed by atoms with van der Waals surface area (Å²) in [5, 5.41) is 12.2. The Balaban J connectivity index is 2.37. The van der Waals surface area contributed by atoms with Gasteiger partial charge in [0.25, 0.3) is 0 Å². The third-order valence-corrected chi connectivity index (χ3v) is 2.43. The van der Waals surface area contributed by atoms with Crippen LogP contribution in [0.15, 0.2) is 18.5 Å². The maximum atomic E-state index is 11.5. The average molecular weight is 224 g/mol. The number of rotatable bonds is 6. The van der Waals surface area contributed by atoms with Crippen LogP contribution in [0.2, 0.25) is 0 Å². The number of aliphatic hydroxyl groups excluding tert-OH is 1. The molecule has 0 aliphatic heterocycles. The lowest BCUT2D eigenvalue weighted by molar-refractivity contribution is -0.121. The van der Waals surface area contributed by atoms with E-state index in [4.69, 9.17) is 0 Å². The van der Waals surface area contributed by atoms with Crippen LogP contribution in [0.4, 0.5) is 0 Å². The molecule has 0 aliphatic carbocycles. The summed E-state index contributed by atoms with van der Waals surface area (Å²) in [6.45, 7) is 4.85. The molecule has 0 aromatic carbocycles. The van der Waals surface area contributed by atoms with Crippen LogP contribution in [-0.4, -0.2) is 22.1 Å². The number of carbonyl (C=O) groups excluding carboxylic acids is 1. The van der Waals surface area contributed by atoms with E-state index in [1.165, 1.54) is 0 Å². The van der Waals surface area contributed by atoms with Crippen LogP contribution in [0.3, 0.4) is 0 Å². The number of nitrogens with zero attached hydrogens (tertiary/aromatic N) is 1. The van der Waals surface area contributed by atoms with Gasteiger partial charge in [0.1, 0.15) is 6.54 Å². The van der Waals surface area contributed by atoms with Crippen LogP contribution in [-0.2, 0) is 11.3 Å². The molecule has 4 heteroatoms. The molecule has 4 nitrogen and oxygen atoms in total. The first kappa shape index (κ1) is 12.8. The lowest BCUT2D eigenvalue weighted by Gasteiger charge is -2.05. The summed E-state index contributed by atoms with van der Waals surface area (Å²) in [7, 11) is 0. The van der Waals surface area contributed by atoms with Crippen molar-refractivity contribution in [3.8, 4) is 0 Å². The van der Waals surface area contributed by atoms with Gasteiger partial charge < -0.3 is 15.0 Å². The van der Waals surface area contributed by atoms with Gasteiger partial charge in [-0.1, -0.05) is 13.3 Å². The molecule has 2 N–H and O–H groups in total. The van der Waals surface area contributed by atoms with E-state index in [0.29, 0.717) is 6.54 Å². The second-order valence-corrected chi connectivity index (χ2v) is 4.00. The zero-order valence-corrected chi connectivity index (χ0v) is 9.94. The Morgan fingerprint density at radius 3 is 2.94 bits per heavy atom. The van der Waals surface area contributed by atoms with E-state index in [1.807, 2.05) is 6.07 Å². The monoisotopic (exact) mass is 224 g/mol. The molecule has 0 bridgehead atoms. The number of unbranched alkanes of at least 4 members (excludes halogenated alkanes) is 1. The van der Waals surface area contributed by atoms with E-state index in [9.17, 15) is 9.90 Å². The molecule has 0 saturated carbocycles. The first-order chi connectivity index (χ1) is 7.63. The summed E-state index contributed by atoms with van der Waals surface area (Å²) in [6, 6.07) is 1.82. The van der Waals surface area contributed by atoms with Crippen LogP contribution in [0.5, 0.6) is 0 Å². The van der Waals surface area contributed by atoms with Gasteiger partial charge in [0.2, 0.25) is 5.91 Å². The lowest BCUT2D eigenvalue weighted by Crippen LogP contribution is -2.27. The number of aliphatic hydroxyl groups is 1. The Morgan fingerprint density at radius 1 is 1.62 bits per heavy atom. The molecule has 16 heavy (non-hydrogen) atoms. The minimum atomic E-state index is -0.482. The molecule has 1 rings (SSSR count). The van der Waals surface area contributed by atoms with Gasteiger partial charge in [-0.3, -0.25) is 4.79 Å². The van der Waals surface area contributed by atoms with Crippen molar-refractivity contribution in [1.29, 1.82) is 0 Å². The summed E-state index contributed by atoms with van der Waals surface area (Å²) in [4.78, 5) is 11.5. The summed E-state index contributed by atoms with van der Waals surface area (Å²) in [5.74, 6) is 0.0150. The maximum absolute atomic E-state index is 11.5. The summed E-state index contributed by atoms with van der Waals surface area (Å²) in [5.41, 5.74) is 0.835. The van der Waals surface area contributed by atoms with Crippen LogP contribution in [0.1, 0.15) is 38.4 Å². The Labute approximate surface area is 96.3 Å². The molecule has 90 valence electrons. The van der Waals surface area contributed by atoms with E-state index < -0.39 is 6.10 Å². The highest BCUT2D eigenvalue weighted by molar-refractivity contribution is 5.75. The zero-order valence-electron chi connectivity index (χ0n) is 9.94. The fourth-order valence-electron chi connectivity index (χ4n) is 1.43. The van der Waals surface area contributed by atoms with Gasteiger partial charge >= 0.3 is 0 Å². The fraction of sp³-hybridized carbons (Fsp3) is 0.583. The Morgan fingerprint density at radius 2 is 2.38 bits per heavy atom. The molecule has 0 aliphatic rings. The minimum absolute atomic E-state index is 0.0150. The second kappa shape index (κ2) is 6.33. The zero-order chi connectivity index (χ0) is 12.0. The van der Waals surface area contributed by atoms with E-state index in [2.05, 4.69) is 12.2 Å². The number of hydrogen-bond acceptors (Lipinski definition) is 2. The minimum Gasteiger partial charge on any atom is -0.389 e. The predicted molar refractivity (Wildman–Crippen MR) is 63.0 cm³/mol. The third kappa shape index (κ3) is 4.06. The normalized spacial score (nSPS) is 12.4. The fourth-order valence-corrected chi connectivity index (χ4v) is 1.43. The molecule has 1 heterocycles. The highest BCUT2D eigenvalue weighted by Crippen LogP contribution is 2.11. The molecule has 1 aromatic rings. The molecule has 1 amide bonds. The highest BCUT2D eigenvalue weighted by Gasteiger charge is 2.05. The second-order valence-electron chi connectivity index (χ2n) is 4.00. The van der Waals surface area contributed by atoms with Crippen molar-refractivity contribution < 1.29 is 9.90 Å². The van der Waals surface area contributed by atoms with Gasteiger partial charge in [0.15, 0.2) is 0 Å². The van der Waals surface area contributed by atoms with Crippen LogP contribution in [0.25, 0.3) is 0 Å². The SMILES string of the molecule is CCCCNC(=O)Cn1ccc(C(C)O)c1. The van der Waals surface area contributed by atoms with Gasteiger partial charge in [0.05, 0.1) is 6.10 Å². The first-order valence-electron chi connectivity index (χ1n) is 5.74. The molecule has 1 unspecified atom stereocenters. The van der Waals surface area contributed by atoms with E-state index in [0.717, 1.165) is 24.9 Å². The third-order valence-electron chi connectivity index (χ3n) is 2.43. The standard InChI is InChI=1S/C12H20N2O2/c1-3-4-6-13-12(16)9-14-7-5-11(8-14)10(2)15/h5,7-8,10,15H,3-4,6,9H2,1-2H3,(H,13,16). The van der Waals surface area contributed by atoms with E-state index in [1.54, 1.807) is 23.9 Å².